The molecule has 0 radical (unpaired) electrons. The minimum atomic E-state index is -1.44. The maximum absolute atomic E-state index is 11.7. The van der Waals surface area contributed by atoms with E-state index in [-0.39, 0.29) is 11.1 Å². The molecule has 4 heterocycles. The number of halogens is 3. The fraction of sp³-hybridized carbons (Fsp3) is 0.0476. The van der Waals surface area contributed by atoms with Gasteiger partial charge >= 0.3 is 7.12 Å². The quantitative estimate of drug-likeness (QED) is 0.131. The second-order valence-corrected chi connectivity index (χ2v) is 14.1. The van der Waals surface area contributed by atoms with Gasteiger partial charge in [-0.05, 0) is 100 Å². The molecule has 0 aliphatic rings. The number of fused-ring (bicyclic) bond motifs is 2. The molecule has 268 valence electrons. The first-order valence-electron chi connectivity index (χ1n) is 16.7. The summed E-state index contributed by atoms with van der Waals surface area (Å²) in [6.07, 6.45) is 0. The Bertz CT molecular complexity index is 2670. The molecule has 0 aliphatic carbocycles. The maximum atomic E-state index is 11.7. The number of aryl methyl sites for hydroxylation is 2. The normalized spacial score (nSPS) is 10.6. The largest absolute Gasteiger partial charge is 0.488 e. The van der Waals surface area contributed by atoms with Crippen LogP contribution in [0.15, 0.2) is 148 Å². The van der Waals surface area contributed by atoms with E-state index in [2.05, 4.69) is 36.9 Å². The number of nitrogens with zero attached hydrogens (tertiary/aromatic N) is 2. The highest BCUT2D eigenvalue weighted by Crippen LogP contribution is 2.34. The van der Waals surface area contributed by atoms with Gasteiger partial charge in [0, 0.05) is 54.1 Å². The Labute approximate surface area is 329 Å². The molecule has 0 bridgehead atoms. The molecule has 4 aromatic heterocycles. The van der Waals surface area contributed by atoms with Gasteiger partial charge < -0.3 is 20.0 Å². The predicted molar refractivity (Wildman–Crippen MR) is 224 cm³/mol. The Kier molecular flexibility index (Phi) is 12.2. The van der Waals surface area contributed by atoms with E-state index in [1.807, 2.05) is 98.8 Å². The summed E-state index contributed by atoms with van der Waals surface area (Å²) in [6, 6.07) is 41.3. The Morgan fingerprint density at radius 3 is 1.61 bits per heavy atom. The van der Waals surface area contributed by atoms with Crippen molar-refractivity contribution < 1.29 is 10.0 Å². The smallest absolute Gasteiger partial charge is 0.423 e. The number of hydrogen-bond donors (Lipinski definition) is 4. The van der Waals surface area contributed by atoms with E-state index in [4.69, 9.17) is 38.2 Å². The lowest BCUT2D eigenvalue weighted by atomic mass is 9.80. The number of benzene rings is 4. The molecular formula is C42H32BBrCl2N4O4. The van der Waals surface area contributed by atoms with Crippen LogP contribution in [0.2, 0.25) is 10.0 Å². The number of rotatable bonds is 4. The van der Waals surface area contributed by atoms with Gasteiger partial charge in [0.25, 0.3) is 0 Å². The van der Waals surface area contributed by atoms with Gasteiger partial charge in [-0.15, -0.1) is 0 Å². The summed E-state index contributed by atoms with van der Waals surface area (Å²) in [5.41, 5.74) is 8.93. The summed E-state index contributed by atoms with van der Waals surface area (Å²) in [6.45, 7) is 3.86. The molecule has 0 unspecified atom stereocenters. The standard InChI is InChI=1S/C21H15ClN2O.C14H9BrN2O.C7H8BClO2/c1-13-9-16(11-17(22)10-13)18-12-15-7-8-19(25)23-21(15)24-20(18)14-5-3-2-4-6-14;15-11-8-10-6-7-12(18)16-14(10)17-13(11)9-4-2-1-3-5-9;1-5-2-6(8(10)11)4-7(9)3-5/h2-12H,1H3,(H,23,24,25);1-8H,(H,16,17,18);2-4,10-11H,1H3. The van der Waals surface area contributed by atoms with E-state index in [0.717, 1.165) is 60.0 Å². The molecule has 0 spiro atoms. The van der Waals surface area contributed by atoms with Gasteiger partial charge in [0.15, 0.2) is 0 Å². The van der Waals surface area contributed by atoms with Gasteiger partial charge in [0.2, 0.25) is 11.1 Å². The third kappa shape index (κ3) is 9.59. The second-order valence-electron chi connectivity index (χ2n) is 12.4. The molecule has 54 heavy (non-hydrogen) atoms. The molecule has 4 N–H and O–H groups in total. The lowest BCUT2D eigenvalue weighted by Crippen LogP contribution is -2.29. The van der Waals surface area contributed by atoms with E-state index in [0.29, 0.717) is 26.8 Å². The topological polar surface area (TPSA) is 132 Å². The lowest BCUT2D eigenvalue weighted by Gasteiger charge is -2.12. The molecule has 8 aromatic rings. The SMILES string of the molecule is Cc1cc(Cl)cc(-c2cc3ccc(=O)[nH]c3nc2-c2ccccc2)c1.Cc1cc(Cl)cc(B(O)O)c1.O=c1ccc2cc(Br)c(-c3ccccc3)nc2[nH]1. The Morgan fingerprint density at radius 1 is 0.574 bits per heavy atom. The molecule has 4 aromatic carbocycles. The van der Waals surface area contributed by atoms with Crippen LogP contribution in [0.25, 0.3) is 55.7 Å². The van der Waals surface area contributed by atoms with Crippen LogP contribution in [-0.2, 0) is 0 Å². The van der Waals surface area contributed by atoms with Crippen LogP contribution < -0.4 is 16.6 Å². The zero-order valence-corrected chi connectivity index (χ0v) is 32.1. The fourth-order valence-corrected chi connectivity index (χ4v) is 6.93. The first-order valence-corrected chi connectivity index (χ1v) is 18.2. The highest BCUT2D eigenvalue weighted by atomic mass is 79.9. The van der Waals surface area contributed by atoms with Crippen LogP contribution in [0.3, 0.4) is 0 Å². The number of H-pyrrole nitrogens is 2. The van der Waals surface area contributed by atoms with E-state index < -0.39 is 7.12 Å². The van der Waals surface area contributed by atoms with Crippen LogP contribution >= 0.6 is 39.1 Å². The van der Waals surface area contributed by atoms with E-state index in [9.17, 15) is 9.59 Å². The number of aromatic amines is 2. The van der Waals surface area contributed by atoms with E-state index >= 15 is 0 Å². The van der Waals surface area contributed by atoms with Crippen molar-refractivity contribution >= 4 is 73.8 Å². The van der Waals surface area contributed by atoms with Gasteiger partial charge in [-0.2, -0.15) is 0 Å². The average Bonchev–Trinajstić information content (AvgIpc) is 3.14. The monoisotopic (exact) mass is 816 g/mol. The summed E-state index contributed by atoms with van der Waals surface area (Å²) in [5.74, 6) is 0. The lowest BCUT2D eigenvalue weighted by molar-refractivity contribution is 0.425. The Morgan fingerprint density at radius 2 is 1.07 bits per heavy atom. The summed E-state index contributed by atoms with van der Waals surface area (Å²) in [4.78, 5) is 37.8. The maximum Gasteiger partial charge on any atom is 0.488 e. The summed E-state index contributed by atoms with van der Waals surface area (Å²) < 4.78 is 0.910. The average molecular weight is 818 g/mol. The third-order valence-electron chi connectivity index (χ3n) is 8.18. The summed E-state index contributed by atoms with van der Waals surface area (Å²) in [7, 11) is -1.44. The van der Waals surface area contributed by atoms with E-state index in [1.165, 1.54) is 18.2 Å². The zero-order chi connectivity index (χ0) is 38.4. The summed E-state index contributed by atoms with van der Waals surface area (Å²) in [5, 5.41) is 20.5. The van der Waals surface area contributed by atoms with Crippen LogP contribution in [0.5, 0.6) is 0 Å². The number of pyridine rings is 4. The zero-order valence-electron chi connectivity index (χ0n) is 29.0. The molecule has 12 heteroatoms. The van der Waals surface area contributed by atoms with Gasteiger partial charge in [-0.1, -0.05) is 96.0 Å². The van der Waals surface area contributed by atoms with Crippen LogP contribution in [-0.4, -0.2) is 37.1 Å². The Balaban J connectivity index is 0.000000150. The minimum Gasteiger partial charge on any atom is -0.423 e. The van der Waals surface area contributed by atoms with Crippen LogP contribution in [0.1, 0.15) is 11.1 Å². The van der Waals surface area contributed by atoms with Crippen LogP contribution in [0, 0.1) is 13.8 Å². The molecule has 8 nitrogen and oxygen atoms in total. The predicted octanol–water partition coefficient (Wildman–Crippen LogP) is 8.90. The number of aromatic nitrogens is 4. The minimum absolute atomic E-state index is 0.142. The first kappa shape index (κ1) is 38.4. The second kappa shape index (κ2) is 17.2. The highest BCUT2D eigenvalue weighted by Gasteiger charge is 2.14. The first-order chi connectivity index (χ1) is 25.9. The van der Waals surface area contributed by atoms with Gasteiger partial charge in [0.05, 0.1) is 11.4 Å². The molecule has 0 saturated heterocycles. The van der Waals surface area contributed by atoms with Gasteiger partial charge in [-0.3, -0.25) is 9.59 Å². The van der Waals surface area contributed by atoms with Gasteiger partial charge in [-0.25, -0.2) is 9.97 Å². The molecule has 0 aliphatic heterocycles. The van der Waals surface area contributed by atoms with Crippen molar-refractivity contribution in [1.29, 1.82) is 0 Å². The van der Waals surface area contributed by atoms with Crippen molar-refractivity contribution in [1.82, 2.24) is 19.9 Å². The Hall–Kier alpha value is -5.36. The van der Waals surface area contributed by atoms with Gasteiger partial charge in [0.1, 0.15) is 11.3 Å². The molecule has 0 amide bonds. The van der Waals surface area contributed by atoms with Crippen molar-refractivity contribution in [2.75, 3.05) is 0 Å². The number of nitrogens with one attached hydrogen (secondary N) is 2. The van der Waals surface area contributed by atoms with Crippen molar-refractivity contribution in [3.05, 3.63) is 180 Å². The highest BCUT2D eigenvalue weighted by molar-refractivity contribution is 9.10. The van der Waals surface area contributed by atoms with E-state index in [1.54, 1.807) is 24.3 Å². The third-order valence-corrected chi connectivity index (χ3v) is 9.22. The van der Waals surface area contributed by atoms with Crippen molar-refractivity contribution in [3.63, 3.8) is 0 Å². The number of hydrogen-bond acceptors (Lipinski definition) is 6. The van der Waals surface area contributed by atoms with Crippen molar-refractivity contribution in [3.8, 4) is 33.6 Å². The van der Waals surface area contributed by atoms with Crippen molar-refractivity contribution in [2.45, 2.75) is 13.8 Å². The molecule has 8 rings (SSSR count). The fourth-order valence-electron chi connectivity index (χ4n) is 5.77. The molecule has 0 fully saturated rings. The molecule has 0 saturated carbocycles. The van der Waals surface area contributed by atoms with Crippen LogP contribution in [0.4, 0.5) is 0 Å². The van der Waals surface area contributed by atoms with Crippen molar-refractivity contribution in [2.24, 2.45) is 0 Å². The molecular weight excluding hydrogens is 786 g/mol. The molecule has 0 atom stereocenters. The summed E-state index contributed by atoms with van der Waals surface area (Å²) >= 11 is 15.5.